The number of aromatic amines is 1. The number of nitrogen functional groups attached to an aromatic ring is 1. The summed E-state index contributed by atoms with van der Waals surface area (Å²) in [7, 11) is 0. The molecule has 3 aromatic heterocycles. The average molecular weight is 415 g/mol. The van der Waals surface area contributed by atoms with Crippen molar-refractivity contribution < 1.29 is 0 Å². The lowest BCUT2D eigenvalue weighted by atomic mass is 10.0. The molecule has 0 aliphatic heterocycles. The number of allylic oxidation sites excluding steroid dienone is 5. The zero-order valence-electron chi connectivity index (χ0n) is 18.3. The van der Waals surface area contributed by atoms with Crippen LogP contribution >= 0.6 is 0 Å². The molecular formula is C25H30N6. The van der Waals surface area contributed by atoms with E-state index in [1.54, 1.807) is 24.7 Å². The molecule has 0 atom stereocenters. The summed E-state index contributed by atoms with van der Waals surface area (Å²) in [5, 5.41) is 3.35. The van der Waals surface area contributed by atoms with Gasteiger partial charge in [0.1, 0.15) is 5.82 Å². The van der Waals surface area contributed by atoms with Gasteiger partial charge in [-0.15, -0.1) is 0 Å². The zero-order valence-corrected chi connectivity index (χ0v) is 18.3. The van der Waals surface area contributed by atoms with Gasteiger partial charge in [0, 0.05) is 24.0 Å². The van der Waals surface area contributed by atoms with Crippen LogP contribution in [0.2, 0.25) is 0 Å². The van der Waals surface area contributed by atoms with Gasteiger partial charge in [-0.25, -0.2) is 4.98 Å². The normalized spacial score (nSPS) is 12.2. The molecule has 0 radical (unpaired) electrons. The van der Waals surface area contributed by atoms with Crippen LogP contribution in [0.25, 0.3) is 16.6 Å². The number of hydrogen-bond donors (Lipinski definition) is 3. The number of aromatic nitrogens is 4. The Morgan fingerprint density at radius 1 is 1.32 bits per heavy atom. The summed E-state index contributed by atoms with van der Waals surface area (Å²) < 4.78 is 0. The Kier molecular flexibility index (Phi) is 7.38. The first-order valence-corrected chi connectivity index (χ1v) is 10.5. The standard InChI is InChI=1S/C25H30N6/c1-5-8-9-17(4)29-20(7-3)12-18(6-2)23-13-19(21(26)15-28-23)14-25-30-22-10-11-27-16-24(22)31-25/h6-7,10-13,15-16,29H,3-5,8-9,14,26H2,1-2H3,(H,30,31)/b18-6+,20-12+. The maximum Gasteiger partial charge on any atom is 0.111 e. The third kappa shape index (κ3) is 5.69. The highest BCUT2D eigenvalue weighted by Crippen LogP contribution is 2.23. The summed E-state index contributed by atoms with van der Waals surface area (Å²) in [6.07, 6.45) is 14.8. The van der Waals surface area contributed by atoms with Crippen molar-refractivity contribution in [3.8, 4) is 0 Å². The molecule has 6 heteroatoms. The van der Waals surface area contributed by atoms with Gasteiger partial charge in [0.25, 0.3) is 0 Å². The van der Waals surface area contributed by atoms with Gasteiger partial charge in [-0.05, 0) is 55.2 Å². The number of nitrogens with one attached hydrogen (secondary N) is 2. The molecule has 0 fully saturated rings. The van der Waals surface area contributed by atoms with Gasteiger partial charge in [0.2, 0.25) is 0 Å². The number of pyridine rings is 2. The van der Waals surface area contributed by atoms with E-state index in [0.717, 1.165) is 64.3 Å². The topological polar surface area (TPSA) is 92.5 Å². The van der Waals surface area contributed by atoms with Gasteiger partial charge in [-0.3, -0.25) is 9.97 Å². The fraction of sp³-hybridized carbons (Fsp3) is 0.240. The number of fused-ring (bicyclic) bond motifs is 1. The average Bonchev–Trinajstić information content (AvgIpc) is 3.19. The third-order valence-electron chi connectivity index (χ3n) is 5.01. The highest BCUT2D eigenvalue weighted by molar-refractivity contribution is 5.75. The second kappa shape index (κ2) is 10.4. The number of rotatable bonds is 10. The monoisotopic (exact) mass is 414 g/mol. The smallest absolute Gasteiger partial charge is 0.111 e. The van der Waals surface area contributed by atoms with Gasteiger partial charge in [0.15, 0.2) is 0 Å². The maximum absolute atomic E-state index is 6.22. The van der Waals surface area contributed by atoms with Crippen molar-refractivity contribution in [1.82, 2.24) is 25.3 Å². The van der Waals surface area contributed by atoms with Crippen LogP contribution in [0.1, 0.15) is 50.2 Å². The van der Waals surface area contributed by atoms with Gasteiger partial charge < -0.3 is 16.0 Å². The Labute approximate surface area is 183 Å². The molecule has 0 saturated heterocycles. The zero-order chi connectivity index (χ0) is 22.2. The summed E-state index contributed by atoms with van der Waals surface area (Å²) in [5.41, 5.74) is 13.3. The Morgan fingerprint density at radius 3 is 2.87 bits per heavy atom. The molecule has 160 valence electrons. The predicted octanol–water partition coefficient (Wildman–Crippen LogP) is 5.29. The van der Waals surface area contributed by atoms with E-state index in [2.05, 4.69) is 45.3 Å². The second-order valence-electron chi connectivity index (χ2n) is 7.40. The van der Waals surface area contributed by atoms with E-state index < -0.39 is 0 Å². The van der Waals surface area contributed by atoms with Crippen LogP contribution in [0.5, 0.6) is 0 Å². The number of anilines is 1. The van der Waals surface area contributed by atoms with Gasteiger partial charge in [-0.1, -0.05) is 32.6 Å². The molecule has 3 rings (SSSR count). The van der Waals surface area contributed by atoms with Gasteiger partial charge in [0.05, 0.1) is 34.8 Å². The van der Waals surface area contributed by atoms with Crippen molar-refractivity contribution in [1.29, 1.82) is 0 Å². The highest BCUT2D eigenvalue weighted by Gasteiger charge is 2.10. The molecule has 6 nitrogen and oxygen atoms in total. The lowest BCUT2D eigenvalue weighted by Crippen LogP contribution is -2.10. The van der Waals surface area contributed by atoms with Crippen LogP contribution < -0.4 is 11.1 Å². The van der Waals surface area contributed by atoms with Crippen LogP contribution in [-0.2, 0) is 6.42 Å². The number of nitrogens with zero attached hydrogens (tertiary/aromatic N) is 3. The largest absolute Gasteiger partial charge is 0.397 e. The van der Waals surface area contributed by atoms with E-state index in [4.69, 9.17) is 5.73 Å². The SMILES string of the molecule is C=C/C(=C\C(=C/C)c1cc(Cc2nc3ccncc3[nH]2)c(N)cn1)NC(=C)CCCC. The van der Waals surface area contributed by atoms with E-state index in [9.17, 15) is 0 Å². The van der Waals surface area contributed by atoms with Crippen LogP contribution in [0.3, 0.4) is 0 Å². The van der Waals surface area contributed by atoms with Crippen molar-refractivity contribution in [2.45, 2.75) is 39.5 Å². The van der Waals surface area contributed by atoms with Crippen LogP contribution in [-0.4, -0.2) is 19.9 Å². The number of nitrogens with two attached hydrogens (primary N) is 1. The van der Waals surface area contributed by atoms with Crippen LogP contribution in [0.15, 0.2) is 73.5 Å². The van der Waals surface area contributed by atoms with Crippen molar-refractivity contribution in [3.05, 3.63) is 90.6 Å². The number of unbranched alkanes of at least 4 members (excludes halogenated alkanes) is 1. The third-order valence-corrected chi connectivity index (χ3v) is 5.01. The molecule has 0 bridgehead atoms. The highest BCUT2D eigenvalue weighted by atomic mass is 14.9. The van der Waals surface area contributed by atoms with Crippen LogP contribution in [0.4, 0.5) is 5.69 Å². The second-order valence-corrected chi connectivity index (χ2v) is 7.40. The first-order valence-electron chi connectivity index (χ1n) is 10.5. The fourth-order valence-corrected chi connectivity index (χ4v) is 3.27. The minimum absolute atomic E-state index is 0.580. The first kappa shape index (κ1) is 22.0. The van der Waals surface area contributed by atoms with Crippen molar-refractivity contribution in [3.63, 3.8) is 0 Å². The Hall–Kier alpha value is -3.67. The van der Waals surface area contributed by atoms with Crippen LogP contribution in [0, 0.1) is 0 Å². The molecule has 0 saturated carbocycles. The molecule has 0 unspecified atom stereocenters. The quantitative estimate of drug-likeness (QED) is 0.392. The van der Waals surface area contributed by atoms with E-state index in [1.807, 2.05) is 31.2 Å². The van der Waals surface area contributed by atoms with Crippen molar-refractivity contribution in [2.24, 2.45) is 0 Å². The summed E-state index contributed by atoms with van der Waals surface area (Å²) in [6.45, 7) is 12.2. The van der Waals surface area contributed by atoms with E-state index in [0.29, 0.717) is 12.1 Å². The lowest BCUT2D eigenvalue weighted by molar-refractivity contribution is 0.751. The molecule has 4 N–H and O–H groups in total. The van der Waals surface area contributed by atoms with Crippen molar-refractivity contribution in [2.75, 3.05) is 5.73 Å². The molecule has 3 aromatic rings. The first-order chi connectivity index (χ1) is 15.0. The summed E-state index contributed by atoms with van der Waals surface area (Å²) >= 11 is 0. The Bertz CT molecular complexity index is 1100. The fourth-order valence-electron chi connectivity index (χ4n) is 3.27. The number of hydrogen-bond acceptors (Lipinski definition) is 5. The number of imidazole rings is 1. The van der Waals surface area contributed by atoms with Gasteiger partial charge in [-0.2, -0.15) is 0 Å². The minimum Gasteiger partial charge on any atom is -0.397 e. The van der Waals surface area contributed by atoms with Crippen molar-refractivity contribution >= 4 is 22.3 Å². The molecule has 31 heavy (non-hydrogen) atoms. The summed E-state index contributed by atoms with van der Waals surface area (Å²) in [4.78, 5) is 16.6. The Morgan fingerprint density at radius 2 is 2.16 bits per heavy atom. The molecule has 0 aliphatic rings. The number of H-pyrrole nitrogens is 1. The van der Waals surface area contributed by atoms with E-state index in [1.165, 1.54) is 0 Å². The Balaban J connectivity index is 1.83. The molecule has 0 aliphatic carbocycles. The minimum atomic E-state index is 0.580. The molecule has 0 spiro atoms. The van der Waals surface area contributed by atoms with Gasteiger partial charge >= 0.3 is 0 Å². The maximum atomic E-state index is 6.22. The molecular weight excluding hydrogens is 384 g/mol. The van der Waals surface area contributed by atoms with E-state index >= 15 is 0 Å². The molecule has 3 heterocycles. The lowest BCUT2D eigenvalue weighted by Gasteiger charge is -2.12. The molecule has 0 aromatic carbocycles. The van der Waals surface area contributed by atoms with E-state index in [-0.39, 0.29) is 0 Å². The summed E-state index contributed by atoms with van der Waals surface area (Å²) in [6, 6.07) is 3.90. The summed E-state index contributed by atoms with van der Waals surface area (Å²) in [5.74, 6) is 0.838. The predicted molar refractivity (Wildman–Crippen MR) is 129 cm³/mol. The molecule has 0 amide bonds.